The summed E-state index contributed by atoms with van der Waals surface area (Å²) < 4.78 is 9.95. The van der Waals surface area contributed by atoms with Gasteiger partial charge in [0.2, 0.25) is 0 Å². The minimum absolute atomic E-state index is 0.417. The monoisotopic (exact) mass is 678 g/mol. The van der Waals surface area contributed by atoms with Crippen LogP contribution < -0.4 is 0 Å². The average Bonchev–Trinajstić information content (AvgIpc) is 3.22. The van der Waals surface area contributed by atoms with Crippen LogP contribution >= 0.6 is 0 Å². The van der Waals surface area contributed by atoms with Gasteiger partial charge in [-0.3, -0.25) is 0 Å². The van der Waals surface area contributed by atoms with Crippen LogP contribution in [-0.2, 0) is 9.47 Å². The molecule has 8 heteroatoms. The minimum atomic E-state index is -0.421. The van der Waals surface area contributed by atoms with Crippen LogP contribution in [0, 0.1) is 0 Å². The van der Waals surface area contributed by atoms with Crippen LogP contribution in [0.3, 0.4) is 0 Å². The van der Waals surface area contributed by atoms with Gasteiger partial charge in [0, 0.05) is 22.3 Å². The van der Waals surface area contributed by atoms with Crippen molar-refractivity contribution in [2.45, 2.75) is 0 Å². The molecule has 52 heavy (non-hydrogen) atoms. The summed E-state index contributed by atoms with van der Waals surface area (Å²) in [5.41, 5.74) is 11.7. The van der Waals surface area contributed by atoms with Gasteiger partial charge in [0.15, 0.2) is 0 Å². The normalized spacial score (nSPS) is 11.0. The molecule has 2 aromatic heterocycles. The van der Waals surface area contributed by atoms with Crippen molar-refractivity contribution in [1.82, 2.24) is 19.9 Å². The highest BCUT2D eigenvalue weighted by Crippen LogP contribution is 2.35. The van der Waals surface area contributed by atoms with Crippen LogP contribution in [0.1, 0.15) is 20.7 Å². The molecule has 0 bridgehead atoms. The average molecular weight is 679 g/mol. The Morgan fingerprint density at radius 2 is 0.731 bits per heavy atom. The highest BCUT2D eigenvalue weighted by molar-refractivity contribution is 5.95. The van der Waals surface area contributed by atoms with E-state index in [0.717, 1.165) is 44.4 Å². The van der Waals surface area contributed by atoms with Crippen molar-refractivity contribution in [1.29, 1.82) is 0 Å². The van der Waals surface area contributed by atoms with Gasteiger partial charge in [0.05, 0.1) is 70.2 Å². The summed E-state index contributed by atoms with van der Waals surface area (Å²) in [6.45, 7) is 0. The Morgan fingerprint density at radius 1 is 0.365 bits per heavy atom. The predicted molar refractivity (Wildman–Crippen MR) is 202 cm³/mol. The SMILES string of the molecule is COC(=O)c1cccc(-c2nc3ccc(-c4ccc5nc(-c6ccccc6)c(-c6cccc(C(=O)OC)c6)nc5c4)cc3nc2-c2ccccc2)c1. The van der Waals surface area contributed by atoms with Crippen LogP contribution in [0.2, 0.25) is 0 Å². The number of hydrogen-bond donors (Lipinski definition) is 0. The maximum atomic E-state index is 12.4. The van der Waals surface area contributed by atoms with Crippen molar-refractivity contribution in [2.75, 3.05) is 14.2 Å². The largest absolute Gasteiger partial charge is 0.465 e. The molecule has 0 aliphatic heterocycles. The van der Waals surface area contributed by atoms with Crippen molar-refractivity contribution in [3.05, 3.63) is 157 Å². The van der Waals surface area contributed by atoms with Crippen LogP contribution in [0.4, 0.5) is 0 Å². The zero-order valence-electron chi connectivity index (χ0n) is 28.3. The smallest absolute Gasteiger partial charge is 0.337 e. The zero-order valence-corrected chi connectivity index (χ0v) is 28.3. The first-order valence-electron chi connectivity index (χ1n) is 16.6. The molecule has 0 spiro atoms. The van der Waals surface area contributed by atoms with Crippen LogP contribution in [0.25, 0.3) is 78.2 Å². The maximum Gasteiger partial charge on any atom is 0.337 e. The molecule has 6 aromatic carbocycles. The van der Waals surface area contributed by atoms with Crippen LogP contribution in [0.15, 0.2) is 146 Å². The molecule has 8 nitrogen and oxygen atoms in total. The molecular weight excluding hydrogens is 649 g/mol. The Morgan fingerprint density at radius 3 is 1.13 bits per heavy atom. The first-order valence-corrected chi connectivity index (χ1v) is 16.6. The fourth-order valence-corrected chi connectivity index (χ4v) is 6.29. The number of esters is 2. The Hall–Kier alpha value is -7.06. The summed E-state index contributed by atoms with van der Waals surface area (Å²) in [7, 11) is 2.74. The number of rotatable bonds is 7. The number of hydrogen-bond acceptors (Lipinski definition) is 8. The molecule has 0 radical (unpaired) electrons. The molecule has 0 unspecified atom stereocenters. The van der Waals surface area contributed by atoms with E-state index in [1.165, 1.54) is 14.2 Å². The van der Waals surface area contributed by atoms with Crippen molar-refractivity contribution in [3.8, 4) is 56.2 Å². The molecule has 250 valence electrons. The molecule has 0 amide bonds. The van der Waals surface area contributed by atoms with Gasteiger partial charge in [-0.1, -0.05) is 97.1 Å². The van der Waals surface area contributed by atoms with Crippen molar-refractivity contribution >= 4 is 34.0 Å². The Bertz CT molecular complexity index is 2640. The molecule has 0 saturated carbocycles. The van der Waals surface area contributed by atoms with E-state index in [2.05, 4.69) is 0 Å². The topological polar surface area (TPSA) is 104 Å². The predicted octanol–water partition coefficient (Wildman–Crippen LogP) is 9.48. The van der Waals surface area contributed by atoms with Gasteiger partial charge in [-0.2, -0.15) is 0 Å². The molecule has 0 aliphatic rings. The fraction of sp³-hybridized carbons (Fsp3) is 0.0455. The number of aromatic nitrogens is 4. The molecule has 0 atom stereocenters. The van der Waals surface area contributed by atoms with E-state index in [9.17, 15) is 9.59 Å². The molecule has 0 fully saturated rings. The highest BCUT2D eigenvalue weighted by atomic mass is 16.5. The van der Waals surface area contributed by atoms with Gasteiger partial charge in [0.25, 0.3) is 0 Å². The number of methoxy groups -OCH3 is 2. The van der Waals surface area contributed by atoms with E-state index in [0.29, 0.717) is 44.9 Å². The van der Waals surface area contributed by atoms with Crippen molar-refractivity contribution < 1.29 is 19.1 Å². The lowest BCUT2D eigenvalue weighted by molar-refractivity contribution is 0.0592. The second kappa shape index (κ2) is 13.7. The number of benzene rings is 6. The van der Waals surface area contributed by atoms with Gasteiger partial charge in [-0.05, 0) is 59.7 Å². The van der Waals surface area contributed by atoms with E-state index < -0.39 is 11.9 Å². The van der Waals surface area contributed by atoms with E-state index in [1.807, 2.05) is 121 Å². The molecule has 8 aromatic rings. The lowest BCUT2D eigenvalue weighted by atomic mass is 10.00. The molecule has 0 N–H and O–H groups in total. The molecule has 0 saturated heterocycles. The Kier molecular flexibility index (Phi) is 8.46. The number of fused-ring (bicyclic) bond motifs is 2. The number of carbonyl (C=O) groups is 2. The van der Waals surface area contributed by atoms with Gasteiger partial charge < -0.3 is 9.47 Å². The summed E-state index contributed by atoms with van der Waals surface area (Å²) in [5, 5.41) is 0. The summed E-state index contributed by atoms with van der Waals surface area (Å²) in [6, 6.07) is 46.3. The maximum absolute atomic E-state index is 12.4. The highest BCUT2D eigenvalue weighted by Gasteiger charge is 2.18. The Balaban J connectivity index is 1.26. The van der Waals surface area contributed by atoms with E-state index in [4.69, 9.17) is 29.4 Å². The number of ether oxygens (including phenoxy) is 2. The van der Waals surface area contributed by atoms with Crippen LogP contribution in [-0.4, -0.2) is 46.1 Å². The van der Waals surface area contributed by atoms with Crippen LogP contribution in [0.5, 0.6) is 0 Å². The lowest BCUT2D eigenvalue weighted by Gasteiger charge is -2.13. The number of carbonyl (C=O) groups excluding carboxylic acids is 2. The molecule has 2 heterocycles. The van der Waals surface area contributed by atoms with Crippen molar-refractivity contribution in [2.24, 2.45) is 0 Å². The first kappa shape index (κ1) is 32.2. The van der Waals surface area contributed by atoms with Crippen molar-refractivity contribution in [3.63, 3.8) is 0 Å². The third-order valence-electron chi connectivity index (χ3n) is 8.87. The van der Waals surface area contributed by atoms with E-state index >= 15 is 0 Å². The Labute approximate surface area is 299 Å². The van der Waals surface area contributed by atoms with Gasteiger partial charge in [0.1, 0.15) is 0 Å². The molecule has 8 rings (SSSR count). The molecule has 0 aliphatic carbocycles. The van der Waals surface area contributed by atoms with E-state index in [-0.39, 0.29) is 0 Å². The fourth-order valence-electron chi connectivity index (χ4n) is 6.29. The first-order chi connectivity index (χ1) is 25.5. The standard InChI is InChI=1S/C44H30N4O4/c1-51-43(49)33-17-9-15-31(23-33)41-40(28-13-7-4-8-14-28)47-37-25-29(20-22-36(37)46-41)30-19-21-35-38(26-30)48-42(39(45-35)27-11-5-3-6-12-27)32-16-10-18-34(24-32)44(50)52-2/h3-26H,1-2H3. The second-order valence-electron chi connectivity index (χ2n) is 12.1. The third-order valence-corrected chi connectivity index (χ3v) is 8.87. The van der Waals surface area contributed by atoms with Gasteiger partial charge in [-0.15, -0.1) is 0 Å². The quantitative estimate of drug-likeness (QED) is 0.154. The summed E-state index contributed by atoms with van der Waals surface area (Å²) in [5.74, 6) is -0.837. The van der Waals surface area contributed by atoms with Gasteiger partial charge in [-0.25, -0.2) is 29.5 Å². The molecular formula is C44H30N4O4. The third kappa shape index (κ3) is 6.14. The second-order valence-corrected chi connectivity index (χ2v) is 12.1. The summed E-state index contributed by atoms with van der Waals surface area (Å²) >= 11 is 0. The van der Waals surface area contributed by atoms with E-state index in [1.54, 1.807) is 24.3 Å². The zero-order chi connectivity index (χ0) is 35.6. The number of nitrogens with zero attached hydrogens (tertiary/aromatic N) is 4. The summed E-state index contributed by atoms with van der Waals surface area (Å²) in [6.07, 6.45) is 0. The van der Waals surface area contributed by atoms with Gasteiger partial charge >= 0.3 is 11.9 Å². The minimum Gasteiger partial charge on any atom is -0.465 e. The summed E-state index contributed by atoms with van der Waals surface area (Å²) in [4.78, 5) is 45.2. The lowest BCUT2D eigenvalue weighted by Crippen LogP contribution is -2.02.